The molecule has 1 saturated heterocycles. The van der Waals surface area contributed by atoms with Crippen LogP contribution < -0.4 is 16.4 Å². The first-order valence-corrected chi connectivity index (χ1v) is 5.97. The summed E-state index contributed by atoms with van der Waals surface area (Å²) in [5.74, 6) is -0.498. The molecule has 0 unspecified atom stereocenters. The average molecular weight is 249 g/mol. The molecule has 18 heavy (non-hydrogen) atoms. The molecule has 1 aliphatic heterocycles. The molecule has 0 bridgehead atoms. The number of nitrogens with zero attached hydrogens (tertiary/aromatic N) is 1. The van der Waals surface area contributed by atoms with Crippen LogP contribution in [0.3, 0.4) is 0 Å². The number of nitrogen functional groups attached to an aromatic ring is 1. The number of nitrogens with two attached hydrogens (primary N) is 2. The van der Waals surface area contributed by atoms with Crippen molar-refractivity contribution in [2.75, 3.05) is 30.3 Å². The van der Waals surface area contributed by atoms with Crippen LogP contribution >= 0.6 is 0 Å². The molecule has 1 heterocycles. The summed E-state index contributed by atoms with van der Waals surface area (Å²) >= 11 is 0. The maximum atomic E-state index is 11.3. The van der Waals surface area contributed by atoms with Crippen LogP contribution in [0.15, 0.2) is 18.2 Å². The first kappa shape index (κ1) is 12.7. The Balaban J connectivity index is 2.28. The lowest BCUT2D eigenvalue weighted by atomic mass is 10.1. The van der Waals surface area contributed by atoms with Crippen molar-refractivity contribution in [3.63, 3.8) is 0 Å². The molecule has 2 rings (SSSR count). The molecule has 5 nitrogen and oxygen atoms in total. The van der Waals surface area contributed by atoms with Crippen LogP contribution in [0.25, 0.3) is 0 Å². The van der Waals surface area contributed by atoms with E-state index < -0.39 is 5.91 Å². The quantitative estimate of drug-likeness (QED) is 0.766. The maximum absolute atomic E-state index is 11.3. The van der Waals surface area contributed by atoms with E-state index in [1.165, 1.54) is 0 Å². The summed E-state index contributed by atoms with van der Waals surface area (Å²) in [7, 11) is 0. The zero-order chi connectivity index (χ0) is 13.3. The number of hydrogen-bond acceptors (Lipinski definition) is 4. The van der Waals surface area contributed by atoms with Gasteiger partial charge in [-0.1, -0.05) is 0 Å². The highest BCUT2D eigenvalue weighted by Crippen LogP contribution is 2.25. The third-order valence-corrected chi connectivity index (χ3v) is 3.09. The van der Waals surface area contributed by atoms with Gasteiger partial charge in [0.15, 0.2) is 0 Å². The van der Waals surface area contributed by atoms with E-state index in [-0.39, 0.29) is 5.60 Å². The number of benzene rings is 1. The zero-order valence-electron chi connectivity index (χ0n) is 10.8. The number of ether oxygens (including phenoxy) is 1. The SMILES string of the molecule is CC1(C)CN(c2ccc(N)c(C(N)=O)c2)CCO1. The number of rotatable bonds is 2. The highest BCUT2D eigenvalue weighted by atomic mass is 16.5. The molecule has 1 fully saturated rings. The fourth-order valence-corrected chi connectivity index (χ4v) is 2.19. The highest BCUT2D eigenvalue weighted by molar-refractivity contribution is 5.99. The van der Waals surface area contributed by atoms with E-state index >= 15 is 0 Å². The van der Waals surface area contributed by atoms with Crippen LogP contribution in [-0.4, -0.2) is 31.2 Å². The second-order valence-electron chi connectivity index (χ2n) is 5.17. The summed E-state index contributed by atoms with van der Waals surface area (Å²) in [6, 6.07) is 5.38. The predicted molar refractivity (Wildman–Crippen MR) is 71.6 cm³/mol. The van der Waals surface area contributed by atoms with E-state index in [9.17, 15) is 4.79 Å². The van der Waals surface area contributed by atoms with Gasteiger partial charge in [0.1, 0.15) is 0 Å². The zero-order valence-corrected chi connectivity index (χ0v) is 10.8. The van der Waals surface area contributed by atoms with Gasteiger partial charge in [0.05, 0.1) is 17.8 Å². The first-order valence-electron chi connectivity index (χ1n) is 5.97. The van der Waals surface area contributed by atoms with Crippen molar-refractivity contribution in [1.29, 1.82) is 0 Å². The van der Waals surface area contributed by atoms with Gasteiger partial charge in [-0.2, -0.15) is 0 Å². The largest absolute Gasteiger partial charge is 0.398 e. The molecular formula is C13H19N3O2. The number of hydrogen-bond donors (Lipinski definition) is 2. The molecule has 0 spiro atoms. The van der Waals surface area contributed by atoms with Gasteiger partial charge >= 0.3 is 0 Å². The number of anilines is 2. The fraction of sp³-hybridized carbons (Fsp3) is 0.462. The van der Waals surface area contributed by atoms with E-state index in [1.54, 1.807) is 12.1 Å². The molecule has 5 heteroatoms. The number of morpholine rings is 1. The summed E-state index contributed by atoms with van der Waals surface area (Å²) in [6.07, 6.45) is 0. The molecule has 98 valence electrons. The molecule has 1 aromatic carbocycles. The molecule has 0 saturated carbocycles. The predicted octanol–water partition coefficient (Wildman–Crippen LogP) is 0.983. The van der Waals surface area contributed by atoms with Gasteiger partial charge < -0.3 is 21.1 Å². The number of amides is 1. The van der Waals surface area contributed by atoms with E-state index in [1.807, 2.05) is 19.9 Å². The van der Waals surface area contributed by atoms with Gasteiger partial charge in [-0.05, 0) is 32.0 Å². The van der Waals surface area contributed by atoms with Gasteiger partial charge in [0.2, 0.25) is 0 Å². The minimum absolute atomic E-state index is 0.188. The van der Waals surface area contributed by atoms with Crippen LogP contribution in [0.4, 0.5) is 11.4 Å². The third kappa shape index (κ3) is 2.56. The summed E-state index contributed by atoms with van der Waals surface area (Å²) < 4.78 is 5.66. The Morgan fingerprint density at radius 3 is 2.78 bits per heavy atom. The summed E-state index contributed by atoms with van der Waals surface area (Å²) in [6.45, 7) is 6.33. The molecule has 0 aromatic heterocycles. The second-order valence-corrected chi connectivity index (χ2v) is 5.17. The highest BCUT2D eigenvalue weighted by Gasteiger charge is 2.27. The Kier molecular flexibility index (Phi) is 3.17. The average Bonchev–Trinajstić information content (AvgIpc) is 2.27. The lowest BCUT2D eigenvalue weighted by molar-refractivity contribution is -0.0276. The van der Waals surface area contributed by atoms with Gasteiger partial charge in [-0.3, -0.25) is 4.79 Å². The fourth-order valence-electron chi connectivity index (χ4n) is 2.19. The monoisotopic (exact) mass is 249 g/mol. The molecule has 1 amide bonds. The smallest absolute Gasteiger partial charge is 0.250 e. The van der Waals surface area contributed by atoms with E-state index in [4.69, 9.17) is 16.2 Å². The van der Waals surface area contributed by atoms with Crippen molar-refractivity contribution in [1.82, 2.24) is 0 Å². The minimum atomic E-state index is -0.498. The van der Waals surface area contributed by atoms with Crippen molar-refractivity contribution >= 4 is 17.3 Å². The van der Waals surface area contributed by atoms with Crippen LogP contribution in [0.1, 0.15) is 24.2 Å². The van der Waals surface area contributed by atoms with Gasteiger partial charge in [0.25, 0.3) is 5.91 Å². The Morgan fingerprint density at radius 1 is 1.44 bits per heavy atom. The topological polar surface area (TPSA) is 81.6 Å². The lowest BCUT2D eigenvalue weighted by Crippen LogP contribution is -2.48. The Bertz CT molecular complexity index is 471. The Labute approximate surface area is 107 Å². The Hall–Kier alpha value is -1.75. The van der Waals surface area contributed by atoms with Crippen molar-refractivity contribution in [2.45, 2.75) is 19.4 Å². The third-order valence-electron chi connectivity index (χ3n) is 3.09. The van der Waals surface area contributed by atoms with Gasteiger partial charge in [-0.15, -0.1) is 0 Å². The molecule has 0 atom stereocenters. The summed E-state index contributed by atoms with van der Waals surface area (Å²) in [4.78, 5) is 13.5. The molecule has 1 aromatic rings. The van der Waals surface area contributed by atoms with E-state index in [0.717, 1.165) is 18.8 Å². The van der Waals surface area contributed by atoms with Gasteiger partial charge in [0, 0.05) is 24.5 Å². The number of primary amides is 1. The van der Waals surface area contributed by atoms with Crippen LogP contribution in [0.2, 0.25) is 0 Å². The van der Waals surface area contributed by atoms with Crippen molar-refractivity contribution < 1.29 is 9.53 Å². The second kappa shape index (κ2) is 4.49. The van der Waals surface area contributed by atoms with Crippen molar-refractivity contribution in [2.24, 2.45) is 5.73 Å². The number of carbonyl (C=O) groups is 1. The summed E-state index contributed by atoms with van der Waals surface area (Å²) in [5.41, 5.74) is 12.6. The standard InChI is InChI=1S/C13H19N3O2/c1-13(2)8-16(5-6-18-13)9-3-4-11(14)10(7-9)12(15)17/h3-4,7H,5-6,8,14H2,1-2H3,(H2,15,17). The van der Waals surface area contributed by atoms with Crippen LogP contribution in [0, 0.1) is 0 Å². The Morgan fingerprint density at radius 2 is 2.17 bits per heavy atom. The van der Waals surface area contributed by atoms with Crippen molar-refractivity contribution in [3.05, 3.63) is 23.8 Å². The van der Waals surface area contributed by atoms with Crippen LogP contribution in [-0.2, 0) is 4.74 Å². The first-order chi connectivity index (χ1) is 8.39. The molecule has 1 aliphatic rings. The van der Waals surface area contributed by atoms with E-state index in [2.05, 4.69) is 4.90 Å². The van der Waals surface area contributed by atoms with Gasteiger partial charge in [-0.25, -0.2) is 0 Å². The lowest BCUT2D eigenvalue weighted by Gasteiger charge is -2.39. The molecule has 4 N–H and O–H groups in total. The number of carbonyl (C=O) groups excluding carboxylic acids is 1. The molecule has 0 radical (unpaired) electrons. The molecular weight excluding hydrogens is 230 g/mol. The normalized spacial score (nSPS) is 18.7. The maximum Gasteiger partial charge on any atom is 0.250 e. The summed E-state index contributed by atoms with van der Waals surface area (Å²) in [5, 5.41) is 0. The molecule has 0 aliphatic carbocycles. The minimum Gasteiger partial charge on any atom is -0.398 e. The van der Waals surface area contributed by atoms with Crippen LogP contribution in [0.5, 0.6) is 0 Å². The van der Waals surface area contributed by atoms with E-state index in [0.29, 0.717) is 17.9 Å². The van der Waals surface area contributed by atoms with Crippen molar-refractivity contribution in [3.8, 4) is 0 Å².